The van der Waals surface area contributed by atoms with Gasteiger partial charge in [-0.3, -0.25) is 0 Å². The summed E-state index contributed by atoms with van der Waals surface area (Å²) in [6.07, 6.45) is 4.14. The summed E-state index contributed by atoms with van der Waals surface area (Å²) >= 11 is 0. The number of hydrogen-bond donors (Lipinski definition) is 2. The Morgan fingerprint density at radius 1 is 1.29 bits per heavy atom. The van der Waals surface area contributed by atoms with Crippen LogP contribution in [0.5, 0.6) is 0 Å². The van der Waals surface area contributed by atoms with Crippen molar-refractivity contribution in [3.63, 3.8) is 0 Å². The molecule has 3 N–H and O–H groups in total. The largest absolute Gasteiger partial charge is 0.397 e. The van der Waals surface area contributed by atoms with Gasteiger partial charge in [-0.25, -0.2) is 0 Å². The van der Waals surface area contributed by atoms with E-state index in [2.05, 4.69) is 18.3 Å². The first-order valence-corrected chi connectivity index (χ1v) is 6.49. The van der Waals surface area contributed by atoms with E-state index in [4.69, 9.17) is 10.5 Å². The highest BCUT2D eigenvalue weighted by Crippen LogP contribution is 2.40. The molecule has 0 spiro atoms. The third-order valence-electron chi connectivity index (χ3n) is 3.86. The molecule has 3 nitrogen and oxygen atoms in total. The smallest absolute Gasteiger partial charge is 0.0804 e. The predicted molar refractivity (Wildman–Crippen MR) is 70.1 cm³/mol. The van der Waals surface area contributed by atoms with Crippen molar-refractivity contribution in [2.75, 3.05) is 17.7 Å². The van der Waals surface area contributed by atoms with Crippen LogP contribution in [-0.4, -0.2) is 18.8 Å². The van der Waals surface area contributed by atoms with Gasteiger partial charge >= 0.3 is 0 Å². The van der Waals surface area contributed by atoms with Crippen molar-refractivity contribution in [3.05, 3.63) is 23.8 Å². The number of anilines is 2. The van der Waals surface area contributed by atoms with Crippen molar-refractivity contribution < 1.29 is 4.74 Å². The summed E-state index contributed by atoms with van der Waals surface area (Å²) in [6, 6.07) is 6.49. The molecule has 2 unspecified atom stereocenters. The first kappa shape index (κ1) is 10.9. The fraction of sp³-hybridized carbons (Fsp3) is 0.571. The summed E-state index contributed by atoms with van der Waals surface area (Å²) in [4.78, 5) is 0. The van der Waals surface area contributed by atoms with Gasteiger partial charge in [-0.2, -0.15) is 0 Å². The van der Waals surface area contributed by atoms with Crippen molar-refractivity contribution >= 4 is 11.4 Å². The van der Waals surface area contributed by atoms with E-state index in [1.807, 2.05) is 12.1 Å². The molecule has 1 saturated carbocycles. The van der Waals surface area contributed by atoms with Crippen molar-refractivity contribution in [2.24, 2.45) is 5.92 Å². The van der Waals surface area contributed by atoms with Gasteiger partial charge in [0.1, 0.15) is 0 Å². The maximum Gasteiger partial charge on any atom is 0.0804 e. The molecule has 0 bridgehead atoms. The second-order valence-corrected chi connectivity index (χ2v) is 5.25. The van der Waals surface area contributed by atoms with Gasteiger partial charge in [-0.15, -0.1) is 0 Å². The molecule has 92 valence electrons. The van der Waals surface area contributed by atoms with Gasteiger partial charge in [0.2, 0.25) is 0 Å². The van der Waals surface area contributed by atoms with Crippen LogP contribution in [0.1, 0.15) is 24.8 Å². The van der Waals surface area contributed by atoms with Crippen LogP contribution in [0.2, 0.25) is 0 Å². The number of hydrogen-bond acceptors (Lipinski definition) is 3. The third kappa shape index (κ3) is 2.12. The molecule has 0 radical (unpaired) electrons. The van der Waals surface area contributed by atoms with E-state index in [0.29, 0.717) is 12.1 Å². The second kappa shape index (κ2) is 4.22. The Kier molecular flexibility index (Phi) is 2.71. The first-order valence-electron chi connectivity index (χ1n) is 6.49. The minimum atomic E-state index is 0.397. The third-order valence-corrected chi connectivity index (χ3v) is 3.86. The number of aryl methyl sites for hydroxylation is 1. The van der Waals surface area contributed by atoms with E-state index in [1.54, 1.807) is 0 Å². The molecular weight excluding hydrogens is 212 g/mol. The summed E-state index contributed by atoms with van der Waals surface area (Å²) in [5.74, 6) is 0.778. The molecular formula is C14H20N2O. The molecule has 1 saturated heterocycles. The van der Waals surface area contributed by atoms with Crippen LogP contribution in [-0.2, 0) is 4.74 Å². The zero-order valence-electron chi connectivity index (χ0n) is 10.3. The van der Waals surface area contributed by atoms with Gasteiger partial charge in [-0.05, 0) is 43.7 Å². The minimum Gasteiger partial charge on any atom is -0.397 e. The van der Waals surface area contributed by atoms with Crippen LogP contribution in [0.3, 0.4) is 0 Å². The minimum absolute atomic E-state index is 0.397. The van der Waals surface area contributed by atoms with Crippen molar-refractivity contribution in [3.8, 4) is 0 Å². The molecule has 3 heteroatoms. The lowest BCUT2D eigenvalue weighted by Gasteiger charge is -2.22. The molecule has 0 aromatic heterocycles. The Bertz CT molecular complexity index is 394. The normalized spacial score (nSPS) is 28.3. The SMILES string of the molecule is Cc1cccc(N)c1NC1CCOC1C1CC1. The maximum absolute atomic E-state index is 6.03. The number of ether oxygens (including phenoxy) is 1. The summed E-state index contributed by atoms with van der Waals surface area (Å²) in [5, 5.41) is 3.60. The lowest BCUT2D eigenvalue weighted by atomic mass is 10.0. The van der Waals surface area contributed by atoms with Crippen LogP contribution < -0.4 is 11.1 Å². The van der Waals surface area contributed by atoms with E-state index < -0.39 is 0 Å². The van der Waals surface area contributed by atoms with Gasteiger partial charge in [0.25, 0.3) is 0 Å². The van der Waals surface area contributed by atoms with E-state index in [1.165, 1.54) is 18.4 Å². The Hall–Kier alpha value is -1.22. The Balaban J connectivity index is 1.77. The molecule has 3 rings (SSSR count). The summed E-state index contributed by atoms with van der Waals surface area (Å²) in [6.45, 7) is 2.98. The highest BCUT2D eigenvalue weighted by atomic mass is 16.5. The molecule has 2 aliphatic rings. The molecule has 1 heterocycles. The highest BCUT2D eigenvalue weighted by molar-refractivity contribution is 5.70. The van der Waals surface area contributed by atoms with Crippen molar-refractivity contribution in [1.29, 1.82) is 0 Å². The number of nitrogens with one attached hydrogen (secondary N) is 1. The molecule has 17 heavy (non-hydrogen) atoms. The van der Waals surface area contributed by atoms with Gasteiger partial charge in [-0.1, -0.05) is 12.1 Å². The van der Waals surface area contributed by atoms with Crippen LogP contribution in [0, 0.1) is 12.8 Å². The summed E-state index contributed by atoms with van der Waals surface area (Å²) in [5.41, 5.74) is 9.18. The van der Waals surface area contributed by atoms with E-state index in [-0.39, 0.29) is 0 Å². The van der Waals surface area contributed by atoms with Gasteiger partial charge in [0.05, 0.1) is 23.5 Å². The lowest BCUT2D eigenvalue weighted by Crippen LogP contribution is -2.31. The fourth-order valence-electron chi connectivity index (χ4n) is 2.73. The maximum atomic E-state index is 6.03. The molecule has 1 aromatic rings. The van der Waals surface area contributed by atoms with Crippen LogP contribution in [0.25, 0.3) is 0 Å². The number of para-hydroxylation sites is 1. The van der Waals surface area contributed by atoms with E-state index in [9.17, 15) is 0 Å². The van der Waals surface area contributed by atoms with Crippen LogP contribution >= 0.6 is 0 Å². The Morgan fingerprint density at radius 2 is 2.12 bits per heavy atom. The number of nitrogens with two attached hydrogens (primary N) is 1. The molecule has 2 atom stereocenters. The van der Waals surface area contributed by atoms with Crippen molar-refractivity contribution in [1.82, 2.24) is 0 Å². The van der Waals surface area contributed by atoms with Gasteiger partial charge in [0.15, 0.2) is 0 Å². The number of nitrogen functional groups attached to an aromatic ring is 1. The quantitative estimate of drug-likeness (QED) is 0.787. The fourth-order valence-corrected chi connectivity index (χ4v) is 2.73. The van der Waals surface area contributed by atoms with Gasteiger partial charge < -0.3 is 15.8 Å². The van der Waals surface area contributed by atoms with Crippen molar-refractivity contribution in [2.45, 2.75) is 38.3 Å². The van der Waals surface area contributed by atoms with E-state index in [0.717, 1.165) is 30.3 Å². The molecule has 1 aliphatic heterocycles. The van der Waals surface area contributed by atoms with Gasteiger partial charge in [0, 0.05) is 6.61 Å². The highest BCUT2D eigenvalue weighted by Gasteiger charge is 2.40. The Morgan fingerprint density at radius 3 is 2.82 bits per heavy atom. The van der Waals surface area contributed by atoms with Crippen LogP contribution in [0.4, 0.5) is 11.4 Å². The predicted octanol–water partition coefficient (Wildman–Crippen LogP) is 2.56. The first-order chi connectivity index (χ1) is 8.25. The van der Waals surface area contributed by atoms with E-state index >= 15 is 0 Å². The molecule has 1 aromatic carbocycles. The average molecular weight is 232 g/mol. The zero-order chi connectivity index (χ0) is 11.8. The number of benzene rings is 1. The number of rotatable bonds is 3. The Labute approximate surface area is 102 Å². The topological polar surface area (TPSA) is 47.3 Å². The lowest BCUT2D eigenvalue weighted by molar-refractivity contribution is 0.0898. The zero-order valence-corrected chi connectivity index (χ0v) is 10.3. The summed E-state index contributed by atoms with van der Waals surface area (Å²) < 4.78 is 5.84. The standard InChI is InChI=1S/C14H20N2O/c1-9-3-2-4-11(15)13(9)16-12-7-8-17-14(12)10-5-6-10/h2-4,10,12,14,16H,5-8,15H2,1H3. The molecule has 0 amide bonds. The average Bonchev–Trinajstić information content (AvgIpc) is 3.04. The summed E-state index contributed by atoms with van der Waals surface area (Å²) in [7, 11) is 0. The monoisotopic (exact) mass is 232 g/mol. The van der Waals surface area contributed by atoms with Crippen LogP contribution in [0.15, 0.2) is 18.2 Å². The second-order valence-electron chi connectivity index (χ2n) is 5.25. The molecule has 2 fully saturated rings. The molecule has 1 aliphatic carbocycles.